The number of thiocarbonyl (C=S) groups is 1. The average Bonchev–Trinajstić information content (AvgIpc) is 2.80. The van der Waals surface area contributed by atoms with Crippen molar-refractivity contribution in [3.63, 3.8) is 0 Å². The number of carbonyl (C=O) groups is 2. The van der Waals surface area contributed by atoms with Crippen LogP contribution in [0.25, 0.3) is 6.08 Å². The summed E-state index contributed by atoms with van der Waals surface area (Å²) >= 11 is 29.8. The summed E-state index contributed by atoms with van der Waals surface area (Å²) in [7, 11) is 0. The molecule has 0 radical (unpaired) electrons. The SMILES string of the molecule is O=C1NC(=S)N(c2cccc(Cl)c2Cl)C(=O)/C1=C/c1cc(Cl)c(OCc2ccc(I)cc2)c(Br)c1. The fourth-order valence-electron chi connectivity index (χ4n) is 3.24. The molecule has 1 aliphatic heterocycles. The van der Waals surface area contributed by atoms with Gasteiger partial charge in [-0.3, -0.25) is 19.8 Å². The molecule has 1 fully saturated rings. The molecule has 1 N–H and O–H groups in total. The quantitative estimate of drug-likeness (QED) is 0.129. The Morgan fingerprint density at radius 1 is 1.06 bits per heavy atom. The van der Waals surface area contributed by atoms with Gasteiger partial charge in [0, 0.05) is 3.57 Å². The number of amides is 2. The van der Waals surface area contributed by atoms with Crippen LogP contribution in [0.15, 0.2) is 64.6 Å². The number of hydrogen-bond donors (Lipinski definition) is 1. The van der Waals surface area contributed by atoms with Gasteiger partial charge < -0.3 is 4.74 Å². The van der Waals surface area contributed by atoms with Crippen LogP contribution in [0.2, 0.25) is 15.1 Å². The van der Waals surface area contributed by atoms with Crippen LogP contribution in [0.3, 0.4) is 0 Å². The second-order valence-electron chi connectivity index (χ2n) is 7.26. The van der Waals surface area contributed by atoms with E-state index in [-0.39, 0.29) is 26.4 Å². The Kier molecular flexibility index (Phi) is 8.40. The zero-order valence-corrected chi connectivity index (χ0v) is 24.3. The van der Waals surface area contributed by atoms with Crippen LogP contribution in [0.4, 0.5) is 5.69 Å². The number of anilines is 1. The van der Waals surface area contributed by atoms with E-state index >= 15 is 0 Å². The second kappa shape index (κ2) is 11.1. The number of halogens is 5. The Bertz CT molecular complexity index is 1380. The van der Waals surface area contributed by atoms with Crippen molar-refractivity contribution in [1.29, 1.82) is 0 Å². The summed E-state index contributed by atoms with van der Waals surface area (Å²) in [5.74, 6) is -0.838. The third-order valence-electron chi connectivity index (χ3n) is 4.90. The van der Waals surface area contributed by atoms with E-state index in [1.165, 1.54) is 6.08 Å². The van der Waals surface area contributed by atoms with E-state index in [1.54, 1.807) is 30.3 Å². The van der Waals surface area contributed by atoms with Gasteiger partial charge in [0.05, 0.1) is 25.2 Å². The minimum Gasteiger partial charge on any atom is -0.486 e. The number of hydrogen-bond acceptors (Lipinski definition) is 4. The molecule has 0 unspecified atom stereocenters. The van der Waals surface area contributed by atoms with Gasteiger partial charge >= 0.3 is 0 Å². The molecule has 0 bridgehead atoms. The summed E-state index contributed by atoms with van der Waals surface area (Å²) in [4.78, 5) is 27.0. The van der Waals surface area contributed by atoms with E-state index in [0.717, 1.165) is 14.0 Å². The highest BCUT2D eigenvalue weighted by atomic mass is 127. The molecule has 1 saturated heterocycles. The maximum Gasteiger partial charge on any atom is 0.270 e. The van der Waals surface area contributed by atoms with Crippen molar-refractivity contribution in [2.24, 2.45) is 0 Å². The fourth-order valence-corrected chi connectivity index (χ4v) is 5.25. The zero-order valence-electron chi connectivity index (χ0n) is 17.5. The van der Waals surface area contributed by atoms with E-state index in [0.29, 0.717) is 27.4 Å². The lowest BCUT2D eigenvalue weighted by Gasteiger charge is -2.29. The molecule has 0 saturated carbocycles. The minimum absolute atomic E-state index is 0.0973. The molecule has 5 nitrogen and oxygen atoms in total. The molecule has 1 aliphatic rings. The first-order chi connectivity index (χ1) is 16.7. The summed E-state index contributed by atoms with van der Waals surface area (Å²) in [5.41, 5.74) is 1.61. The van der Waals surface area contributed by atoms with Crippen molar-refractivity contribution >= 4 is 114 Å². The summed E-state index contributed by atoms with van der Waals surface area (Å²) < 4.78 is 7.59. The van der Waals surface area contributed by atoms with Crippen LogP contribution < -0.4 is 15.0 Å². The molecule has 2 amide bonds. The molecule has 0 atom stereocenters. The topological polar surface area (TPSA) is 58.6 Å². The molecule has 0 aromatic heterocycles. The van der Waals surface area contributed by atoms with Gasteiger partial charge in [-0.1, -0.05) is 53.0 Å². The van der Waals surface area contributed by atoms with Crippen LogP contribution >= 0.6 is 85.5 Å². The first-order valence-electron chi connectivity index (χ1n) is 9.87. The normalized spacial score (nSPS) is 14.9. The van der Waals surface area contributed by atoms with E-state index in [2.05, 4.69) is 43.8 Å². The van der Waals surface area contributed by atoms with E-state index < -0.39 is 11.8 Å². The van der Waals surface area contributed by atoms with Crippen molar-refractivity contribution in [3.05, 3.63) is 94.4 Å². The van der Waals surface area contributed by atoms with E-state index in [1.807, 2.05) is 24.3 Å². The third kappa shape index (κ3) is 5.84. The van der Waals surface area contributed by atoms with Crippen LogP contribution in [-0.2, 0) is 16.2 Å². The first kappa shape index (κ1) is 26.4. The number of benzene rings is 3. The lowest BCUT2D eigenvalue weighted by molar-refractivity contribution is -0.122. The van der Waals surface area contributed by atoms with Crippen molar-refractivity contribution in [3.8, 4) is 5.75 Å². The fraction of sp³-hybridized carbons (Fsp3) is 0.0417. The molecule has 178 valence electrons. The van der Waals surface area contributed by atoms with Gasteiger partial charge in [-0.25, -0.2) is 0 Å². The molecule has 0 spiro atoms. The van der Waals surface area contributed by atoms with E-state index in [4.69, 9.17) is 51.8 Å². The Hall–Kier alpha value is -1.69. The predicted octanol–water partition coefficient (Wildman–Crippen LogP) is 7.42. The van der Waals surface area contributed by atoms with Gasteiger partial charge in [-0.2, -0.15) is 0 Å². The Balaban J connectivity index is 1.63. The van der Waals surface area contributed by atoms with Gasteiger partial charge in [-0.05, 0) is 104 Å². The molecule has 11 heteroatoms. The van der Waals surface area contributed by atoms with Crippen LogP contribution in [0.5, 0.6) is 5.75 Å². The van der Waals surface area contributed by atoms with Gasteiger partial charge in [0.1, 0.15) is 12.2 Å². The van der Waals surface area contributed by atoms with Crippen LogP contribution in [0.1, 0.15) is 11.1 Å². The second-order valence-corrected chi connectivity index (χ2v) is 10.9. The summed E-state index contributed by atoms with van der Waals surface area (Å²) in [5, 5.41) is 3.12. The molecule has 4 rings (SSSR count). The number of rotatable bonds is 5. The van der Waals surface area contributed by atoms with Crippen molar-refractivity contribution in [1.82, 2.24) is 5.32 Å². The minimum atomic E-state index is -0.644. The molecular weight excluding hydrogens is 710 g/mol. The highest BCUT2D eigenvalue weighted by molar-refractivity contribution is 14.1. The van der Waals surface area contributed by atoms with Crippen LogP contribution in [-0.4, -0.2) is 16.9 Å². The summed E-state index contributed by atoms with van der Waals surface area (Å²) in [6.45, 7) is 0.323. The first-order valence-corrected chi connectivity index (χ1v) is 13.3. The smallest absolute Gasteiger partial charge is 0.270 e. The highest BCUT2D eigenvalue weighted by Gasteiger charge is 2.35. The molecular formula is C24H13BrCl3IN2O3S. The lowest BCUT2D eigenvalue weighted by Crippen LogP contribution is -2.54. The van der Waals surface area contributed by atoms with Crippen LogP contribution in [0, 0.1) is 3.57 Å². The Labute approximate surface area is 243 Å². The summed E-state index contributed by atoms with van der Waals surface area (Å²) in [6, 6.07) is 16.0. The number of nitrogens with zero attached hydrogens (tertiary/aromatic N) is 1. The Morgan fingerprint density at radius 2 is 1.77 bits per heavy atom. The standard InChI is InChI=1S/C24H13BrCl3IN2O3S/c25-16-9-13(10-18(27)21(16)34-11-12-4-6-14(29)7-5-12)8-15-22(32)30-24(35)31(23(15)33)19-3-1-2-17(26)20(19)28/h1-10H,11H2,(H,30,32,35)/b15-8+. The largest absolute Gasteiger partial charge is 0.486 e. The van der Waals surface area contributed by atoms with Crippen molar-refractivity contribution in [2.75, 3.05) is 4.90 Å². The molecule has 3 aromatic carbocycles. The maximum absolute atomic E-state index is 13.3. The van der Waals surface area contributed by atoms with Gasteiger partial charge in [0.25, 0.3) is 11.8 Å². The molecule has 35 heavy (non-hydrogen) atoms. The van der Waals surface area contributed by atoms with Gasteiger partial charge in [-0.15, -0.1) is 0 Å². The predicted molar refractivity (Wildman–Crippen MR) is 155 cm³/mol. The summed E-state index contributed by atoms with van der Waals surface area (Å²) in [6.07, 6.45) is 1.42. The zero-order chi connectivity index (χ0) is 25.3. The van der Waals surface area contributed by atoms with Crippen molar-refractivity contribution < 1.29 is 14.3 Å². The molecule has 0 aliphatic carbocycles. The number of carbonyl (C=O) groups excluding carboxylic acids is 2. The van der Waals surface area contributed by atoms with Gasteiger partial charge in [0.15, 0.2) is 10.9 Å². The Morgan fingerprint density at radius 3 is 2.46 bits per heavy atom. The highest BCUT2D eigenvalue weighted by Crippen LogP contribution is 2.37. The number of ether oxygens (including phenoxy) is 1. The molecule has 3 aromatic rings. The monoisotopic (exact) mass is 720 g/mol. The lowest BCUT2D eigenvalue weighted by atomic mass is 10.1. The average molecular weight is 723 g/mol. The maximum atomic E-state index is 13.3. The third-order valence-corrected chi connectivity index (χ3v) is 7.58. The van der Waals surface area contributed by atoms with Gasteiger partial charge in [0.2, 0.25) is 0 Å². The van der Waals surface area contributed by atoms with E-state index in [9.17, 15) is 9.59 Å². The van der Waals surface area contributed by atoms with Crippen molar-refractivity contribution in [2.45, 2.75) is 6.61 Å². The number of nitrogens with one attached hydrogen (secondary N) is 1. The molecule has 1 heterocycles.